The summed E-state index contributed by atoms with van der Waals surface area (Å²) in [6.45, 7) is 13.3. The van der Waals surface area contributed by atoms with E-state index in [1.165, 1.54) is 5.57 Å². The molecular weight excluding hydrogens is 431 g/mol. The maximum atomic E-state index is 15.2. The lowest BCUT2D eigenvalue weighted by atomic mass is 9.43. The summed E-state index contributed by atoms with van der Waals surface area (Å²) < 4.78 is 15.2. The van der Waals surface area contributed by atoms with Gasteiger partial charge in [-0.05, 0) is 90.8 Å². The minimum atomic E-state index is -1.19. The summed E-state index contributed by atoms with van der Waals surface area (Å²) in [5, 5.41) is 30.5. The lowest BCUT2D eigenvalue weighted by Crippen LogP contribution is -2.58. The summed E-state index contributed by atoms with van der Waals surface area (Å²) in [4.78, 5) is 10.8. The van der Waals surface area contributed by atoms with Crippen LogP contribution in [-0.2, 0) is 4.79 Å². The fraction of sp³-hybridized carbons (Fsp3) is 0.828. The summed E-state index contributed by atoms with van der Waals surface area (Å²) in [5.74, 6) is -0.250. The number of hydrogen-bond acceptors (Lipinski definition) is 3. The SMILES string of the molecule is C[C@H](C(O)C/C=C/C(=O)O)[C@H]1CC[C@@]2(C)C3=C(CC[C@]12C)C1(C)C[C@@H](F)[C@H](O)C(C)(C)C1CC3. The van der Waals surface area contributed by atoms with E-state index in [-0.39, 0.29) is 28.1 Å². The molecule has 3 N–H and O–H groups in total. The fourth-order valence-electron chi connectivity index (χ4n) is 9.44. The van der Waals surface area contributed by atoms with Gasteiger partial charge in [-0.15, -0.1) is 0 Å². The van der Waals surface area contributed by atoms with E-state index >= 15 is 4.39 Å². The first-order valence-corrected chi connectivity index (χ1v) is 13.3. The number of allylic oxidation sites excluding steroid dienone is 2. The monoisotopic (exact) mass is 476 g/mol. The first kappa shape index (κ1) is 25.9. The highest BCUT2D eigenvalue weighted by molar-refractivity contribution is 5.79. The Hall–Kier alpha value is -1.20. The van der Waals surface area contributed by atoms with Gasteiger partial charge in [0.15, 0.2) is 0 Å². The Labute approximate surface area is 204 Å². The molecule has 0 amide bonds. The van der Waals surface area contributed by atoms with Gasteiger partial charge in [-0.2, -0.15) is 0 Å². The molecule has 34 heavy (non-hydrogen) atoms. The molecule has 0 aliphatic heterocycles. The van der Waals surface area contributed by atoms with Crippen molar-refractivity contribution in [3.63, 3.8) is 0 Å². The van der Waals surface area contributed by atoms with Gasteiger partial charge in [0.2, 0.25) is 0 Å². The first-order chi connectivity index (χ1) is 15.7. The van der Waals surface area contributed by atoms with Crippen LogP contribution in [0.3, 0.4) is 0 Å². The molecule has 0 heterocycles. The highest BCUT2D eigenvalue weighted by Crippen LogP contribution is 2.72. The van der Waals surface area contributed by atoms with E-state index in [0.717, 1.165) is 44.6 Å². The highest BCUT2D eigenvalue weighted by atomic mass is 19.1. The lowest BCUT2D eigenvalue weighted by molar-refractivity contribution is -0.136. The van der Waals surface area contributed by atoms with E-state index < -0.39 is 29.8 Å². The van der Waals surface area contributed by atoms with Gasteiger partial charge in [-0.1, -0.05) is 58.8 Å². The van der Waals surface area contributed by atoms with Crippen LogP contribution in [0.2, 0.25) is 0 Å². The molecule has 192 valence electrons. The predicted molar refractivity (Wildman–Crippen MR) is 132 cm³/mol. The van der Waals surface area contributed by atoms with E-state index in [9.17, 15) is 15.0 Å². The average Bonchev–Trinajstić information content (AvgIpc) is 3.02. The van der Waals surface area contributed by atoms with Crippen molar-refractivity contribution in [1.82, 2.24) is 0 Å². The van der Waals surface area contributed by atoms with E-state index in [1.54, 1.807) is 11.6 Å². The van der Waals surface area contributed by atoms with Crippen LogP contribution in [0.5, 0.6) is 0 Å². The topological polar surface area (TPSA) is 77.8 Å². The molecule has 4 aliphatic rings. The molecule has 2 fully saturated rings. The Morgan fingerprint density at radius 1 is 1.12 bits per heavy atom. The third-order valence-corrected chi connectivity index (χ3v) is 11.6. The predicted octanol–water partition coefficient (Wildman–Crippen LogP) is 6.07. The second kappa shape index (κ2) is 8.44. The van der Waals surface area contributed by atoms with Crippen LogP contribution in [0.25, 0.3) is 0 Å². The fourth-order valence-corrected chi connectivity index (χ4v) is 9.44. The van der Waals surface area contributed by atoms with Crippen LogP contribution in [0.15, 0.2) is 23.3 Å². The van der Waals surface area contributed by atoms with Crippen molar-refractivity contribution in [2.24, 2.45) is 39.4 Å². The zero-order valence-corrected chi connectivity index (χ0v) is 21.9. The number of hydrogen-bond donors (Lipinski definition) is 3. The van der Waals surface area contributed by atoms with Crippen molar-refractivity contribution in [3.8, 4) is 0 Å². The Bertz CT molecular complexity index is 893. The Kier molecular flexibility index (Phi) is 6.42. The van der Waals surface area contributed by atoms with Crippen molar-refractivity contribution < 1.29 is 24.5 Å². The van der Waals surface area contributed by atoms with E-state index in [0.29, 0.717) is 18.8 Å². The number of carboxylic acid groups (broad SMARTS) is 1. The molecular formula is C29H45FO4. The molecule has 5 heteroatoms. The maximum absolute atomic E-state index is 15.2. The van der Waals surface area contributed by atoms with Crippen LogP contribution < -0.4 is 0 Å². The third-order valence-electron chi connectivity index (χ3n) is 11.6. The van der Waals surface area contributed by atoms with Gasteiger partial charge in [0.1, 0.15) is 6.17 Å². The minimum absolute atomic E-state index is 0.0378. The summed E-state index contributed by atoms with van der Waals surface area (Å²) in [7, 11) is 0. The maximum Gasteiger partial charge on any atom is 0.327 e. The molecule has 9 atom stereocenters. The minimum Gasteiger partial charge on any atom is -0.478 e. The number of halogens is 1. The Morgan fingerprint density at radius 3 is 2.44 bits per heavy atom. The van der Waals surface area contributed by atoms with E-state index in [4.69, 9.17) is 5.11 Å². The van der Waals surface area contributed by atoms with E-state index in [1.807, 2.05) is 0 Å². The third kappa shape index (κ3) is 3.55. The van der Waals surface area contributed by atoms with Crippen molar-refractivity contribution >= 4 is 5.97 Å². The van der Waals surface area contributed by atoms with Gasteiger partial charge in [-0.25, -0.2) is 9.18 Å². The first-order valence-electron chi connectivity index (χ1n) is 13.3. The number of carboxylic acids is 1. The molecule has 0 spiro atoms. The second-order valence-corrected chi connectivity index (χ2v) is 13.2. The molecule has 2 saturated carbocycles. The largest absolute Gasteiger partial charge is 0.478 e. The molecule has 0 aromatic heterocycles. The molecule has 0 saturated heterocycles. The number of aliphatic hydroxyl groups is 2. The molecule has 4 nitrogen and oxygen atoms in total. The van der Waals surface area contributed by atoms with Crippen molar-refractivity contribution in [1.29, 1.82) is 0 Å². The zero-order chi connectivity index (χ0) is 25.3. The lowest BCUT2D eigenvalue weighted by Gasteiger charge is -2.62. The number of rotatable bonds is 5. The molecule has 0 radical (unpaired) electrons. The van der Waals surface area contributed by atoms with Crippen LogP contribution in [0, 0.1) is 39.4 Å². The second-order valence-electron chi connectivity index (χ2n) is 13.2. The van der Waals surface area contributed by atoms with Crippen molar-refractivity contribution in [2.75, 3.05) is 0 Å². The van der Waals surface area contributed by atoms with Crippen molar-refractivity contribution in [2.45, 2.75) is 111 Å². The molecule has 0 aromatic rings. The average molecular weight is 477 g/mol. The summed E-state index contributed by atoms with van der Waals surface area (Å²) in [5.41, 5.74) is 2.48. The quantitative estimate of drug-likeness (QED) is 0.332. The normalized spacial score (nSPS) is 45.4. The van der Waals surface area contributed by atoms with Gasteiger partial charge >= 0.3 is 5.97 Å². The van der Waals surface area contributed by atoms with Crippen LogP contribution in [0.1, 0.15) is 92.9 Å². The molecule has 0 aromatic carbocycles. The van der Waals surface area contributed by atoms with Crippen molar-refractivity contribution in [3.05, 3.63) is 23.3 Å². The van der Waals surface area contributed by atoms with Gasteiger partial charge in [0.05, 0.1) is 12.2 Å². The summed E-state index contributed by atoms with van der Waals surface area (Å²) in [6.07, 6.45) is 7.01. The van der Waals surface area contributed by atoms with Crippen LogP contribution in [-0.4, -0.2) is 39.7 Å². The van der Waals surface area contributed by atoms with E-state index in [2.05, 4.69) is 41.5 Å². The molecule has 3 unspecified atom stereocenters. The number of aliphatic hydroxyl groups excluding tert-OH is 2. The van der Waals surface area contributed by atoms with Gasteiger partial charge in [-0.3, -0.25) is 0 Å². The smallest absolute Gasteiger partial charge is 0.327 e. The molecule has 4 aliphatic carbocycles. The highest BCUT2D eigenvalue weighted by Gasteiger charge is 2.64. The summed E-state index contributed by atoms with van der Waals surface area (Å²) in [6, 6.07) is 0. The van der Waals surface area contributed by atoms with Crippen LogP contribution >= 0.6 is 0 Å². The standard InChI is InChI=1S/C29H45FO4/c1-17(22(31)8-7-9-24(32)33)18-12-14-29(6)20-10-11-23-26(2,3)25(34)21(30)16-27(23,4)19(20)13-15-28(18,29)5/h7,9,17-18,21-23,25,31,34H,8,10-16H2,1-6H3,(H,32,33)/b9-7+/t17-,18+,21+,22?,23?,25-,27?,28+,29-/m0/s1. The Balaban J connectivity index is 1.65. The number of carbonyl (C=O) groups is 1. The molecule has 4 rings (SSSR count). The number of alkyl halides is 1. The molecule has 0 bridgehead atoms. The Morgan fingerprint density at radius 2 is 1.79 bits per heavy atom. The van der Waals surface area contributed by atoms with Gasteiger partial charge in [0, 0.05) is 6.08 Å². The van der Waals surface area contributed by atoms with Crippen LogP contribution in [0.4, 0.5) is 4.39 Å². The number of aliphatic carboxylic acids is 1. The van der Waals surface area contributed by atoms with Gasteiger partial charge < -0.3 is 15.3 Å². The number of fused-ring (bicyclic) bond motifs is 4. The van der Waals surface area contributed by atoms with Gasteiger partial charge in [0.25, 0.3) is 0 Å². The summed E-state index contributed by atoms with van der Waals surface area (Å²) >= 11 is 0. The zero-order valence-electron chi connectivity index (χ0n) is 21.9.